The van der Waals surface area contributed by atoms with Crippen molar-refractivity contribution in [1.29, 1.82) is 5.26 Å². The molecule has 0 aliphatic carbocycles. The number of hydrogen-bond donors (Lipinski definition) is 2. The highest BCUT2D eigenvalue weighted by Gasteiger charge is 2.41. The highest BCUT2D eigenvalue weighted by atomic mass is 16.2. The van der Waals surface area contributed by atoms with Crippen LogP contribution >= 0.6 is 0 Å². The van der Waals surface area contributed by atoms with Gasteiger partial charge >= 0.3 is 0 Å². The van der Waals surface area contributed by atoms with Crippen LogP contribution in [0.15, 0.2) is 42.5 Å². The number of fused-ring (bicyclic) bond motifs is 1. The van der Waals surface area contributed by atoms with Crippen LogP contribution in [-0.2, 0) is 34.4 Å². The molecule has 0 saturated carbocycles. The van der Waals surface area contributed by atoms with Crippen LogP contribution in [-0.4, -0.2) is 74.2 Å². The Hall–Kier alpha value is -4.30. The van der Waals surface area contributed by atoms with Gasteiger partial charge in [-0.2, -0.15) is 5.26 Å². The first-order valence-corrected chi connectivity index (χ1v) is 14.2. The number of carbonyl (C=O) groups is 3. The third-order valence-corrected chi connectivity index (χ3v) is 8.21. The summed E-state index contributed by atoms with van der Waals surface area (Å²) in [6.07, 6.45) is 3.48. The molecule has 2 fully saturated rings. The highest BCUT2D eigenvalue weighted by molar-refractivity contribution is 5.91. The normalized spacial score (nSPS) is 19.3. The van der Waals surface area contributed by atoms with Crippen LogP contribution < -0.4 is 11.1 Å². The summed E-state index contributed by atoms with van der Waals surface area (Å²) in [6, 6.07) is 13.8. The molecule has 2 saturated heterocycles. The monoisotopic (exact) mass is 556 g/mol. The number of benzene rings is 2. The fourth-order valence-electron chi connectivity index (χ4n) is 5.92. The minimum atomic E-state index is -0.874. The summed E-state index contributed by atoms with van der Waals surface area (Å²) in [7, 11) is 1.82. The van der Waals surface area contributed by atoms with Crippen LogP contribution in [0.3, 0.4) is 0 Å². The van der Waals surface area contributed by atoms with Crippen molar-refractivity contribution in [2.45, 2.75) is 57.2 Å². The zero-order valence-electron chi connectivity index (χ0n) is 23.3. The van der Waals surface area contributed by atoms with Gasteiger partial charge in [0.15, 0.2) is 0 Å². The number of likely N-dealkylation sites (tertiary alicyclic amines) is 2. The molecule has 1 aromatic heterocycles. The maximum Gasteiger partial charge on any atom is 0.243 e. The van der Waals surface area contributed by atoms with Gasteiger partial charge in [-0.3, -0.25) is 14.4 Å². The topological polar surface area (TPSA) is 150 Å². The quantitative estimate of drug-likeness (QED) is 0.407. The number of carbonyl (C=O) groups excluding carboxylic acids is 3. The Balaban J connectivity index is 1.27. The Morgan fingerprint density at radius 3 is 2.73 bits per heavy atom. The van der Waals surface area contributed by atoms with Gasteiger partial charge in [-0.15, -0.1) is 5.10 Å². The average Bonchev–Trinajstić information content (AvgIpc) is 3.75. The molecule has 11 nitrogen and oxygen atoms in total. The minimum absolute atomic E-state index is 0.0152. The second-order valence-corrected chi connectivity index (χ2v) is 11.1. The second kappa shape index (κ2) is 12.5. The molecule has 0 spiro atoms. The van der Waals surface area contributed by atoms with E-state index < -0.39 is 12.1 Å². The summed E-state index contributed by atoms with van der Waals surface area (Å²) < 4.78 is 1.69. The number of nitrogens with two attached hydrogens (primary N) is 1. The van der Waals surface area contributed by atoms with E-state index in [0.29, 0.717) is 24.9 Å². The van der Waals surface area contributed by atoms with Crippen molar-refractivity contribution in [1.82, 2.24) is 30.1 Å². The van der Waals surface area contributed by atoms with Crippen molar-refractivity contribution in [2.24, 2.45) is 18.7 Å². The van der Waals surface area contributed by atoms with Crippen molar-refractivity contribution >= 4 is 28.8 Å². The molecule has 3 atom stereocenters. The average molecular weight is 557 g/mol. The van der Waals surface area contributed by atoms with E-state index in [0.717, 1.165) is 48.1 Å². The summed E-state index contributed by atoms with van der Waals surface area (Å²) >= 11 is 0. The molecule has 3 amide bonds. The zero-order chi connectivity index (χ0) is 28.9. The van der Waals surface area contributed by atoms with Crippen LogP contribution in [0.5, 0.6) is 0 Å². The number of nitriles is 1. The maximum absolute atomic E-state index is 13.6. The molecule has 11 heteroatoms. The Kier molecular flexibility index (Phi) is 8.59. The van der Waals surface area contributed by atoms with Gasteiger partial charge in [-0.1, -0.05) is 29.5 Å². The van der Waals surface area contributed by atoms with Gasteiger partial charge in [-0.25, -0.2) is 4.68 Å². The van der Waals surface area contributed by atoms with E-state index >= 15 is 0 Å². The van der Waals surface area contributed by atoms with Crippen molar-refractivity contribution < 1.29 is 14.4 Å². The lowest BCUT2D eigenvalue weighted by Gasteiger charge is -2.27. The largest absolute Gasteiger partial charge is 0.350 e. The molecule has 214 valence electrons. The van der Waals surface area contributed by atoms with Gasteiger partial charge in [0.2, 0.25) is 17.7 Å². The molecular weight excluding hydrogens is 520 g/mol. The lowest BCUT2D eigenvalue weighted by molar-refractivity contribution is -0.140. The number of amides is 3. The molecule has 0 bridgehead atoms. The number of nitrogens with zero attached hydrogens (tertiary/aromatic N) is 6. The van der Waals surface area contributed by atoms with Gasteiger partial charge < -0.3 is 20.9 Å². The summed E-state index contributed by atoms with van der Waals surface area (Å²) in [6.45, 7) is 2.15. The number of aromatic nitrogens is 3. The molecule has 0 radical (unpaired) electrons. The van der Waals surface area contributed by atoms with E-state index in [-0.39, 0.29) is 43.0 Å². The van der Waals surface area contributed by atoms with Gasteiger partial charge in [0.1, 0.15) is 11.6 Å². The molecule has 2 aliphatic rings. The standard InChI is InChI=1S/C30H36N8O3/c1-36-26-10-8-20(15-25(26)34-35-36)18-33-29(40)27-16-21(14-22-6-2-3-7-23(22)17-31)19-38(27)30(41)24(32)9-11-28(39)37-12-4-5-13-37/h2-3,6-8,10,15,21,24,27H,4-5,9,11-14,16,18-19,32H2,1H3,(H,33,40). The van der Waals surface area contributed by atoms with Crippen LogP contribution in [0.25, 0.3) is 11.0 Å². The van der Waals surface area contributed by atoms with Crippen molar-refractivity contribution in [2.75, 3.05) is 19.6 Å². The fraction of sp³-hybridized carbons (Fsp3) is 0.467. The van der Waals surface area contributed by atoms with E-state index in [2.05, 4.69) is 21.7 Å². The van der Waals surface area contributed by atoms with E-state index in [4.69, 9.17) is 5.73 Å². The Morgan fingerprint density at radius 1 is 1.17 bits per heavy atom. The van der Waals surface area contributed by atoms with E-state index in [1.807, 2.05) is 48.3 Å². The Bertz CT molecular complexity index is 1470. The van der Waals surface area contributed by atoms with Gasteiger partial charge in [0.05, 0.1) is 23.2 Å². The number of rotatable bonds is 9. The van der Waals surface area contributed by atoms with E-state index in [1.165, 1.54) is 0 Å². The Morgan fingerprint density at radius 2 is 1.95 bits per heavy atom. The smallest absolute Gasteiger partial charge is 0.243 e. The lowest BCUT2D eigenvalue weighted by Crippen LogP contribution is -2.51. The zero-order valence-corrected chi connectivity index (χ0v) is 23.3. The summed E-state index contributed by atoms with van der Waals surface area (Å²) in [5.41, 5.74) is 10.3. The van der Waals surface area contributed by atoms with Crippen molar-refractivity contribution in [3.8, 4) is 6.07 Å². The van der Waals surface area contributed by atoms with E-state index in [9.17, 15) is 19.6 Å². The molecule has 2 aliphatic heterocycles. The number of hydrogen-bond acceptors (Lipinski definition) is 7. The van der Waals surface area contributed by atoms with Crippen LogP contribution in [0, 0.1) is 17.2 Å². The minimum Gasteiger partial charge on any atom is -0.350 e. The summed E-state index contributed by atoms with van der Waals surface area (Å²) in [4.78, 5) is 43.0. The Labute approximate surface area is 239 Å². The molecular formula is C30H36N8O3. The molecule has 3 aromatic rings. The number of nitrogens with one attached hydrogen (secondary N) is 1. The molecule has 3 unspecified atom stereocenters. The summed E-state index contributed by atoms with van der Waals surface area (Å²) in [5.74, 6) is -0.573. The van der Waals surface area contributed by atoms with Crippen molar-refractivity contribution in [3.05, 3.63) is 59.2 Å². The molecule has 5 rings (SSSR count). The lowest BCUT2D eigenvalue weighted by atomic mass is 9.94. The van der Waals surface area contributed by atoms with Gasteiger partial charge in [-0.05, 0) is 67.3 Å². The molecule has 3 heterocycles. The number of aryl methyl sites for hydroxylation is 1. The third kappa shape index (κ3) is 6.38. The van der Waals surface area contributed by atoms with Gasteiger partial charge in [0, 0.05) is 39.6 Å². The first-order valence-electron chi connectivity index (χ1n) is 14.2. The van der Waals surface area contributed by atoms with Gasteiger partial charge in [0.25, 0.3) is 0 Å². The first-order chi connectivity index (χ1) is 19.8. The SMILES string of the molecule is Cn1nnc2cc(CNC(=O)C3CC(Cc4ccccc4C#N)CN3C(=O)C(N)CCC(=O)N3CCCC3)ccc21. The van der Waals surface area contributed by atoms with Crippen LogP contribution in [0.2, 0.25) is 0 Å². The second-order valence-electron chi connectivity index (χ2n) is 11.1. The molecule has 3 N–H and O–H groups in total. The van der Waals surface area contributed by atoms with Crippen LogP contribution in [0.4, 0.5) is 0 Å². The summed E-state index contributed by atoms with van der Waals surface area (Å²) in [5, 5.41) is 20.7. The predicted molar refractivity (Wildman–Crippen MR) is 152 cm³/mol. The highest BCUT2D eigenvalue weighted by Crippen LogP contribution is 2.29. The van der Waals surface area contributed by atoms with Crippen LogP contribution in [0.1, 0.15) is 48.8 Å². The molecule has 2 aromatic carbocycles. The first kappa shape index (κ1) is 28.2. The fourth-order valence-corrected chi connectivity index (χ4v) is 5.92. The van der Waals surface area contributed by atoms with E-state index in [1.54, 1.807) is 15.6 Å². The van der Waals surface area contributed by atoms with Crippen molar-refractivity contribution in [3.63, 3.8) is 0 Å². The third-order valence-electron chi connectivity index (χ3n) is 8.21. The maximum atomic E-state index is 13.6. The molecule has 41 heavy (non-hydrogen) atoms. The predicted octanol–water partition coefficient (Wildman–Crippen LogP) is 1.65.